The monoisotopic (exact) mass is 430 g/mol. The second-order valence-corrected chi connectivity index (χ2v) is 8.05. The van der Waals surface area contributed by atoms with Gasteiger partial charge in [-0.2, -0.15) is 0 Å². The fourth-order valence-electron chi connectivity index (χ4n) is 3.46. The first kappa shape index (κ1) is 23.3. The lowest BCUT2D eigenvalue weighted by molar-refractivity contribution is 0.0718. The molecule has 0 fully saturated rings. The lowest BCUT2D eigenvalue weighted by Crippen LogP contribution is -2.13. The Morgan fingerprint density at radius 3 is 1.31 bits per heavy atom. The molecule has 0 aliphatic carbocycles. The SMILES string of the molecule is CCC(C)c1ccccc1OC(=O)c1ccc(C(=O)Oc2ccccc2C(C)CC)cc1. The number of carbonyl (C=O) groups excluding carboxylic acids is 2. The number of esters is 2. The summed E-state index contributed by atoms with van der Waals surface area (Å²) in [5.74, 6) is 0.795. The third-order valence-electron chi connectivity index (χ3n) is 5.89. The molecule has 32 heavy (non-hydrogen) atoms. The maximum atomic E-state index is 12.7. The number of hydrogen-bond acceptors (Lipinski definition) is 4. The average Bonchev–Trinajstić information content (AvgIpc) is 2.83. The first-order chi connectivity index (χ1) is 15.4. The van der Waals surface area contributed by atoms with Gasteiger partial charge in [0.2, 0.25) is 0 Å². The Hall–Kier alpha value is -3.40. The topological polar surface area (TPSA) is 52.6 Å². The maximum absolute atomic E-state index is 12.7. The highest BCUT2D eigenvalue weighted by atomic mass is 16.5. The van der Waals surface area contributed by atoms with E-state index < -0.39 is 11.9 Å². The van der Waals surface area contributed by atoms with Gasteiger partial charge in [0, 0.05) is 0 Å². The van der Waals surface area contributed by atoms with Crippen molar-refractivity contribution in [2.75, 3.05) is 0 Å². The Morgan fingerprint density at radius 2 is 0.969 bits per heavy atom. The lowest BCUT2D eigenvalue weighted by atomic mass is 9.98. The molecule has 0 aliphatic rings. The molecule has 0 spiro atoms. The van der Waals surface area contributed by atoms with Gasteiger partial charge >= 0.3 is 11.9 Å². The Balaban J connectivity index is 1.72. The molecule has 0 aromatic heterocycles. The van der Waals surface area contributed by atoms with E-state index in [0.29, 0.717) is 22.6 Å². The molecule has 0 amide bonds. The predicted molar refractivity (Wildman–Crippen MR) is 127 cm³/mol. The van der Waals surface area contributed by atoms with Crippen LogP contribution in [0.2, 0.25) is 0 Å². The smallest absolute Gasteiger partial charge is 0.343 e. The highest BCUT2D eigenvalue weighted by Gasteiger charge is 2.17. The number of rotatable bonds is 8. The third kappa shape index (κ3) is 5.44. The molecule has 4 heteroatoms. The second-order valence-electron chi connectivity index (χ2n) is 8.05. The van der Waals surface area contributed by atoms with E-state index in [4.69, 9.17) is 9.47 Å². The van der Waals surface area contributed by atoms with Crippen LogP contribution in [0.3, 0.4) is 0 Å². The number of carbonyl (C=O) groups is 2. The van der Waals surface area contributed by atoms with Gasteiger partial charge in [-0.05, 0) is 72.2 Å². The summed E-state index contributed by atoms with van der Waals surface area (Å²) in [6, 6.07) is 21.5. The van der Waals surface area contributed by atoms with Crippen molar-refractivity contribution in [2.45, 2.75) is 52.4 Å². The standard InChI is InChI=1S/C28H30O4/c1-5-19(3)23-11-7-9-13-25(23)31-27(29)21-15-17-22(18-16-21)28(30)32-26-14-10-8-12-24(26)20(4)6-2/h7-20H,5-6H2,1-4H3. The molecule has 0 saturated carbocycles. The van der Waals surface area contributed by atoms with Gasteiger partial charge in [0.25, 0.3) is 0 Å². The molecule has 0 heterocycles. The molecule has 2 unspecified atom stereocenters. The first-order valence-corrected chi connectivity index (χ1v) is 11.2. The van der Waals surface area contributed by atoms with E-state index in [9.17, 15) is 9.59 Å². The van der Waals surface area contributed by atoms with Gasteiger partial charge in [-0.15, -0.1) is 0 Å². The van der Waals surface area contributed by atoms with Gasteiger partial charge in [0.15, 0.2) is 0 Å². The summed E-state index contributed by atoms with van der Waals surface area (Å²) >= 11 is 0. The van der Waals surface area contributed by atoms with E-state index in [1.165, 1.54) is 0 Å². The van der Waals surface area contributed by atoms with E-state index in [1.54, 1.807) is 36.4 Å². The van der Waals surface area contributed by atoms with Crippen LogP contribution in [0.4, 0.5) is 0 Å². The van der Waals surface area contributed by atoms with Crippen molar-refractivity contribution < 1.29 is 19.1 Å². The molecule has 3 rings (SSSR count). The minimum absolute atomic E-state index is 0.287. The van der Waals surface area contributed by atoms with E-state index in [-0.39, 0.29) is 11.8 Å². The normalized spacial score (nSPS) is 12.6. The molecular weight excluding hydrogens is 400 g/mol. The molecule has 4 nitrogen and oxygen atoms in total. The number of ether oxygens (including phenoxy) is 2. The van der Waals surface area contributed by atoms with Crippen molar-refractivity contribution in [3.8, 4) is 11.5 Å². The van der Waals surface area contributed by atoms with Gasteiger partial charge in [-0.3, -0.25) is 0 Å². The third-order valence-corrected chi connectivity index (χ3v) is 5.89. The van der Waals surface area contributed by atoms with Crippen LogP contribution in [0.5, 0.6) is 11.5 Å². The van der Waals surface area contributed by atoms with Crippen LogP contribution in [0, 0.1) is 0 Å². The van der Waals surface area contributed by atoms with Gasteiger partial charge in [0.1, 0.15) is 11.5 Å². The van der Waals surface area contributed by atoms with Crippen LogP contribution in [-0.2, 0) is 0 Å². The molecular formula is C28H30O4. The lowest BCUT2D eigenvalue weighted by Gasteiger charge is -2.15. The van der Waals surface area contributed by atoms with Crippen LogP contribution in [0.25, 0.3) is 0 Å². The number of para-hydroxylation sites is 2. The van der Waals surface area contributed by atoms with E-state index >= 15 is 0 Å². The fourth-order valence-corrected chi connectivity index (χ4v) is 3.46. The summed E-state index contributed by atoms with van der Waals surface area (Å²) in [4.78, 5) is 25.3. The molecule has 0 saturated heterocycles. The van der Waals surface area contributed by atoms with Crippen molar-refractivity contribution in [3.05, 3.63) is 95.1 Å². The molecule has 166 valence electrons. The van der Waals surface area contributed by atoms with Crippen LogP contribution in [0.15, 0.2) is 72.8 Å². The van der Waals surface area contributed by atoms with Crippen molar-refractivity contribution in [2.24, 2.45) is 0 Å². The van der Waals surface area contributed by atoms with Crippen LogP contribution in [-0.4, -0.2) is 11.9 Å². The minimum Gasteiger partial charge on any atom is -0.423 e. The Kier molecular flexibility index (Phi) is 7.82. The van der Waals surface area contributed by atoms with Crippen molar-refractivity contribution in [1.82, 2.24) is 0 Å². The van der Waals surface area contributed by atoms with Crippen LogP contribution in [0.1, 0.15) is 84.2 Å². The average molecular weight is 431 g/mol. The van der Waals surface area contributed by atoms with Gasteiger partial charge in [-0.25, -0.2) is 9.59 Å². The predicted octanol–water partition coefficient (Wildman–Crippen LogP) is 7.15. The number of hydrogen-bond donors (Lipinski definition) is 0. The zero-order valence-corrected chi connectivity index (χ0v) is 19.1. The highest BCUT2D eigenvalue weighted by molar-refractivity contribution is 5.95. The second kappa shape index (κ2) is 10.8. The van der Waals surface area contributed by atoms with Crippen LogP contribution >= 0.6 is 0 Å². The first-order valence-electron chi connectivity index (χ1n) is 11.2. The van der Waals surface area contributed by atoms with E-state index in [1.807, 2.05) is 36.4 Å². The van der Waals surface area contributed by atoms with E-state index in [2.05, 4.69) is 27.7 Å². The fraction of sp³-hybridized carbons (Fsp3) is 0.286. The zero-order valence-electron chi connectivity index (χ0n) is 19.1. The Bertz CT molecular complexity index is 982. The molecule has 3 aromatic carbocycles. The number of benzene rings is 3. The van der Waals surface area contributed by atoms with Crippen molar-refractivity contribution in [3.63, 3.8) is 0 Å². The van der Waals surface area contributed by atoms with Gasteiger partial charge in [0.05, 0.1) is 11.1 Å². The molecule has 3 aromatic rings. The molecule has 0 N–H and O–H groups in total. The maximum Gasteiger partial charge on any atom is 0.343 e. The molecule has 0 aliphatic heterocycles. The minimum atomic E-state index is -0.456. The Morgan fingerprint density at radius 1 is 0.625 bits per heavy atom. The quantitative estimate of drug-likeness (QED) is 0.281. The molecule has 0 bridgehead atoms. The van der Waals surface area contributed by atoms with Crippen molar-refractivity contribution in [1.29, 1.82) is 0 Å². The highest BCUT2D eigenvalue weighted by Crippen LogP contribution is 2.30. The summed E-state index contributed by atoms with van der Waals surface area (Å²) in [6.07, 6.45) is 1.90. The van der Waals surface area contributed by atoms with E-state index in [0.717, 1.165) is 24.0 Å². The summed E-state index contributed by atoms with van der Waals surface area (Å²) in [5.41, 5.74) is 2.76. The largest absolute Gasteiger partial charge is 0.423 e. The Labute approximate surface area is 190 Å². The van der Waals surface area contributed by atoms with Crippen LogP contribution < -0.4 is 9.47 Å². The summed E-state index contributed by atoms with van der Waals surface area (Å²) < 4.78 is 11.3. The summed E-state index contributed by atoms with van der Waals surface area (Å²) in [7, 11) is 0. The van der Waals surface area contributed by atoms with Crippen molar-refractivity contribution >= 4 is 11.9 Å². The zero-order chi connectivity index (χ0) is 23.1. The summed E-state index contributed by atoms with van der Waals surface area (Å²) in [5, 5.41) is 0. The van der Waals surface area contributed by atoms with Gasteiger partial charge in [-0.1, -0.05) is 64.1 Å². The summed E-state index contributed by atoms with van der Waals surface area (Å²) in [6.45, 7) is 8.41. The van der Waals surface area contributed by atoms with Gasteiger partial charge < -0.3 is 9.47 Å². The molecule has 2 atom stereocenters. The molecule has 0 radical (unpaired) electrons.